The molecule has 5 aromatic rings. The molecule has 0 bridgehead atoms. The van der Waals surface area contributed by atoms with Gasteiger partial charge in [-0.2, -0.15) is 5.10 Å². The van der Waals surface area contributed by atoms with E-state index >= 15 is 0 Å². The fraction of sp³-hybridized carbons (Fsp3) is 0.154. The van der Waals surface area contributed by atoms with Gasteiger partial charge in [-0.25, -0.2) is 14.8 Å². The minimum absolute atomic E-state index is 0.0538. The highest BCUT2D eigenvalue weighted by atomic mass is 16.5. The van der Waals surface area contributed by atoms with Crippen molar-refractivity contribution in [1.82, 2.24) is 20.2 Å². The minimum Gasteiger partial charge on any atom is -0.465 e. The molecule has 0 unspecified atom stereocenters. The van der Waals surface area contributed by atoms with Crippen LogP contribution in [0.1, 0.15) is 28.9 Å². The molecule has 0 spiro atoms. The monoisotopic (exact) mass is 437 g/mol. The Morgan fingerprint density at radius 2 is 1.82 bits per heavy atom. The zero-order valence-electron chi connectivity index (χ0n) is 18.6. The maximum Gasteiger partial charge on any atom is 0.337 e. The van der Waals surface area contributed by atoms with Gasteiger partial charge in [-0.1, -0.05) is 36.4 Å². The Morgan fingerprint density at radius 3 is 2.61 bits per heavy atom. The van der Waals surface area contributed by atoms with Crippen molar-refractivity contribution in [3.8, 4) is 11.3 Å². The lowest BCUT2D eigenvalue weighted by atomic mass is 10.1. The summed E-state index contributed by atoms with van der Waals surface area (Å²) in [5, 5.41) is 8.12. The van der Waals surface area contributed by atoms with Crippen molar-refractivity contribution in [2.75, 3.05) is 19.1 Å². The predicted molar refractivity (Wildman–Crippen MR) is 129 cm³/mol. The van der Waals surface area contributed by atoms with Gasteiger partial charge in [-0.15, -0.1) is 0 Å². The van der Waals surface area contributed by atoms with Crippen LogP contribution in [-0.4, -0.2) is 40.3 Å². The number of aromatic nitrogens is 4. The Labute approximate surface area is 191 Å². The first kappa shape index (κ1) is 20.6. The fourth-order valence-electron chi connectivity index (χ4n) is 3.96. The highest BCUT2D eigenvalue weighted by molar-refractivity contribution is 5.95. The summed E-state index contributed by atoms with van der Waals surface area (Å²) in [6, 6.07) is 21.6. The third-order valence-electron chi connectivity index (χ3n) is 5.98. The molecule has 2 heterocycles. The first-order chi connectivity index (χ1) is 16.0. The van der Waals surface area contributed by atoms with Crippen LogP contribution in [0, 0.1) is 0 Å². The second-order valence-electron chi connectivity index (χ2n) is 7.96. The first-order valence-electron chi connectivity index (χ1n) is 10.7. The topological polar surface area (TPSA) is 84.0 Å². The molecule has 3 aromatic carbocycles. The molecule has 1 N–H and O–H groups in total. The number of carbonyl (C=O) groups excluding carboxylic acids is 1. The van der Waals surface area contributed by atoms with Crippen molar-refractivity contribution >= 4 is 33.7 Å². The van der Waals surface area contributed by atoms with Gasteiger partial charge in [0.25, 0.3) is 0 Å². The Kier molecular flexibility index (Phi) is 5.22. The number of hydrogen-bond donors (Lipinski definition) is 1. The van der Waals surface area contributed by atoms with Gasteiger partial charge in [0, 0.05) is 18.0 Å². The summed E-state index contributed by atoms with van der Waals surface area (Å²) in [5.41, 5.74) is 5.61. The lowest BCUT2D eigenvalue weighted by Gasteiger charge is -2.28. The van der Waals surface area contributed by atoms with Crippen molar-refractivity contribution in [3.63, 3.8) is 0 Å². The Morgan fingerprint density at radius 1 is 1.00 bits per heavy atom. The SMILES string of the molecule is COC(=O)c1ccc2nc(-c3ccc4[nH]ncc4c3)c(N(C)[C@@H](C)c3ccccc3)nc2c1. The molecular formula is C26H23N5O2. The number of aromatic amines is 1. The van der Waals surface area contributed by atoms with E-state index in [4.69, 9.17) is 14.7 Å². The summed E-state index contributed by atoms with van der Waals surface area (Å²) in [6.07, 6.45) is 1.80. The van der Waals surface area contributed by atoms with Crippen molar-refractivity contribution < 1.29 is 9.53 Å². The van der Waals surface area contributed by atoms with Gasteiger partial charge in [0.05, 0.1) is 41.5 Å². The first-order valence-corrected chi connectivity index (χ1v) is 10.7. The van der Waals surface area contributed by atoms with Crippen molar-refractivity contribution in [2.24, 2.45) is 0 Å². The third-order valence-corrected chi connectivity index (χ3v) is 5.98. The average Bonchev–Trinajstić information content (AvgIpc) is 3.34. The van der Waals surface area contributed by atoms with E-state index in [0.717, 1.165) is 28.0 Å². The minimum atomic E-state index is -0.402. The second-order valence-corrected chi connectivity index (χ2v) is 7.96. The van der Waals surface area contributed by atoms with Crippen LogP contribution in [0.15, 0.2) is 72.9 Å². The molecule has 0 aliphatic rings. The van der Waals surface area contributed by atoms with E-state index in [1.165, 1.54) is 12.7 Å². The summed E-state index contributed by atoms with van der Waals surface area (Å²) >= 11 is 0. The number of H-pyrrole nitrogens is 1. The molecule has 7 nitrogen and oxygen atoms in total. The Hall–Kier alpha value is -4.26. The molecule has 0 amide bonds. The van der Waals surface area contributed by atoms with Crippen molar-refractivity contribution in [1.29, 1.82) is 0 Å². The van der Waals surface area contributed by atoms with Crippen LogP contribution in [0.3, 0.4) is 0 Å². The van der Waals surface area contributed by atoms with Gasteiger partial charge in [0.2, 0.25) is 0 Å². The zero-order valence-corrected chi connectivity index (χ0v) is 18.6. The Balaban J connectivity index is 1.70. The number of hydrogen-bond acceptors (Lipinski definition) is 6. The van der Waals surface area contributed by atoms with Gasteiger partial charge >= 0.3 is 5.97 Å². The summed E-state index contributed by atoms with van der Waals surface area (Å²) in [7, 11) is 3.38. The number of nitrogens with zero attached hydrogens (tertiary/aromatic N) is 4. The van der Waals surface area contributed by atoms with E-state index in [2.05, 4.69) is 40.2 Å². The van der Waals surface area contributed by atoms with Gasteiger partial charge < -0.3 is 9.64 Å². The summed E-state index contributed by atoms with van der Waals surface area (Å²) in [6.45, 7) is 2.13. The average molecular weight is 438 g/mol. The summed E-state index contributed by atoms with van der Waals surface area (Å²) in [4.78, 5) is 24.1. The Bertz CT molecular complexity index is 1460. The largest absolute Gasteiger partial charge is 0.465 e. The molecule has 164 valence electrons. The molecule has 0 aliphatic heterocycles. The molecule has 1 atom stereocenters. The van der Waals surface area contributed by atoms with E-state index in [1.54, 1.807) is 24.4 Å². The number of ether oxygens (including phenoxy) is 1. The highest BCUT2D eigenvalue weighted by Crippen LogP contribution is 2.34. The fourth-order valence-corrected chi connectivity index (χ4v) is 3.96. The van der Waals surface area contributed by atoms with Crippen LogP contribution >= 0.6 is 0 Å². The van der Waals surface area contributed by atoms with Crippen LogP contribution in [0.4, 0.5) is 5.82 Å². The van der Waals surface area contributed by atoms with E-state index in [-0.39, 0.29) is 6.04 Å². The number of fused-ring (bicyclic) bond motifs is 2. The van der Waals surface area contributed by atoms with E-state index < -0.39 is 5.97 Å². The quantitative estimate of drug-likeness (QED) is 0.383. The van der Waals surface area contributed by atoms with Crippen LogP contribution in [-0.2, 0) is 4.74 Å². The molecule has 0 radical (unpaired) electrons. The summed E-state index contributed by atoms with van der Waals surface area (Å²) < 4.78 is 4.88. The number of esters is 1. The lowest BCUT2D eigenvalue weighted by Crippen LogP contribution is -2.24. The van der Waals surface area contributed by atoms with E-state index in [1.807, 2.05) is 37.4 Å². The van der Waals surface area contributed by atoms with Gasteiger partial charge in [0.1, 0.15) is 5.69 Å². The molecule has 0 fully saturated rings. The van der Waals surface area contributed by atoms with Crippen LogP contribution in [0.25, 0.3) is 33.2 Å². The van der Waals surface area contributed by atoms with E-state index in [0.29, 0.717) is 16.6 Å². The highest BCUT2D eigenvalue weighted by Gasteiger charge is 2.21. The standard InChI is InChI=1S/C26H23N5O2/c1-16(17-7-5-4-6-8-17)31(2)25-24(18-9-11-21-20(13-18)15-27-30-21)28-22-12-10-19(26(32)33-3)14-23(22)29-25/h4-16H,1-3H3,(H,27,30)/t16-/m0/s1. The molecule has 5 rings (SSSR count). The van der Waals surface area contributed by atoms with Crippen LogP contribution < -0.4 is 4.90 Å². The molecule has 33 heavy (non-hydrogen) atoms. The molecular weight excluding hydrogens is 414 g/mol. The molecule has 0 saturated carbocycles. The third kappa shape index (κ3) is 3.78. The number of methoxy groups -OCH3 is 1. The van der Waals surface area contributed by atoms with Gasteiger partial charge in [-0.3, -0.25) is 5.10 Å². The molecule has 7 heteroatoms. The number of carbonyl (C=O) groups is 1. The number of benzene rings is 3. The van der Waals surface area contributed by atoms with Gasteiger partial charge in [0.15, 0.2) is 5.82 Å². The number of nitrogens with one attached hydrogen (secondary N) is 1. The van der Waals surface area contributed by atoms with E-state index in [9.17, 15) is 4.79 Å². The molecule has 0 saturated heterocycles. The van der Waals surface area contributed by atoms with Crippen LogP contribution in [0.2, 0.25) is 0 Å². The normalized spacial score (nSPS) is 12.1. The zero-order chi connectivity index (χ0) is 22.9. The van der Waals surface area contributed by atoms with Gasteiger partial charge in [-0.05, 0) is 42.8 Å². The number of rotatable bonds is 5. The predicted octanol–water partition coefficient (Wildman–Crippen LogP) is 5.16. The maximum absolute atomic E-state index is 12.1. The summed E-state index contributed by atoms with van der Waals surface area (Å²) in [5.74, 6) is 0.324. The maximum atomic E-state index is 12.1. The smallest absolute Gasteiger partial charge is 0.337 e. The molecule has 0 aliphatic carbocycles. The second kappa shape index (κ2) is 8.35. The number of anilines is 1. The van der Waals surface area contributed by atoms with Crippen LogP contribution in [0.5, 0.6) is 0 Å². The lowest BCUT2D eigenvalue weighted by molar-refractivity contribution is 0.0601. The molecule has 2 aromatic heterocycles. The van der Waals surface area contributed by atoms with Crippen molar-refractivity contribution in [2.45, 2.75) is 13.0 Å². The van der Waals surface area contributed by atoms with Crippen molar-refractivity contribution in [3.05, 3.63) is 84.1 Å².